The largest absolute Gasteiger partial charge is 0.497 e. The van der Waals surface area contributed by atoms with Crippen LogP contribution in [-0.2, 0) is 0 Å². The molecule has 0 saturated heterocycles. The van der Waals surface area contributed by atoms with Crippen LogP contribution >= 0.6 is 11.3 Å². The van der Waals surface area contributed by atoms with Crippen LogP contribution in [0.15, 0.2) is 55.0 Å². The van der Waals surface area contributed by atoms with Gasteiger partial charge in [0, 0.05) is 16.6 Å². The van der Waals surface area contributed by atoms with Crippen molar-refractivity contribution in [2.75, 3.05) is 7.11 Å². The minimum atomic E-state index is 0.837. The third-order valence-electron chi connectivity index (χ3n) is 3.07. The van der Waals surface area contributed by atoms with Crippen molar-refractivity contribution >= 4 is 23.5 Å². The van der Waals surface area contributed by atoms with Gasteiger partial charge in [0.05, 0.1) is 17.7 Å². The van der Waals surface area contributed by atoms with Crippen molar-refractivity contribution in [3.05, 3.63) is 76.0 Å². The molecular formula is C19H14N2OS. The molecule has 2 heterocycles. The van der Waals surface area contributed by atoms with E-state index < -0.39 is 0 Å². The van der Waals surface area contributed by atoms with E-state index in [1.807, 2.05) is 48.6 Å². The number of nitrogens with zero attached hydrogens (tertiary/aromatic N) is 2. The third-order valence-corrected chi connectivity index (χ3v) is 4.04. The minimum Gasteiger partial charge on any atom is -0.497 e. The van der Waals surface area contributed by atoms with E-state index in [-0.39, 0.29) is 0 Å². The van der Waals surface area contributed by atoms with Crippen LogP contribution in [0.25, 0.3) is 12.2 Å². The maximum Gasteiger partial charge on any atom is 0.118 e. The van der Waals surface area contributed by atoms with Gasteiger partial charge in [0.2, 0.25) is 0 Å². The predicted molar refractivity (Wildman–Crippen MR) is 94.3 cm³/mol. The van der Waals surface area contributed by atoms with Crippen molar-refractivity contribution in [1.82, 2.24) is 9.97 Å². The molecule has 1 aromatic carbocycles. The maximum atomic E-state index is 5.14. The summed E-state index contributed by atoms with van der Waals surface area (Å²) in [5.41, 5.74) is 1.86. The van der Waals surface area contributed by atoms with Gasteiger partial charge < -0.3 is 4.74 Å². The monoisotopic (exact) mass is 318 g/mol. The highest BCUT2D eigenvalue weighted by Crippen LogP contribution is 2.18. The Labute approximate surface area is 139 Å². The molecule has 0 amide bonds. The van der Waals surface area contributed by atoms with Gasteiger partial charge in [-0.05, 0) is 54.6 Å². The number of hydrogen-bond donors (Lipinski definition) is 0. The van der Waals surface area contributed by atoms with Gasteiger partial charge in [0.15, 0.2) is 0 Å². The molecule has 0 N–H and O–H groups in total. The number of aromatic nitrogens is 2. The Kier molecular flexibility index (Phi) is 4.82. The van der Waals surface area contributed by atoms with E-state index >= 15 is 0 Å². The second kappa shape index (κ2) is 7.39. The van der Waals surface area contributed by atoms with E-state index in [0.29, 0.717) is 0 Å². The van der Waals surface area contributed by atoms with Crippen molar-refractivity contribution in [1.29, 1.82) is 0 Å². The highest BCUT2D eigenvalue weighted by molar-refractivity contribution is 7.13. The van der Waals surface area contributed by atoms with E-state index in [1.54, 1.807) is 31.0 Å². The zero-order valence-electron chi connectivity index (χ0n) is 12.6. The first-order chi connectivity index (χ1) is 11.3. The van der Waals surface area contributed by atoms with Crippen molar-refractivity contribution in [3.63, 3.8) is 0 Å². The Morgan fingerprint density at radius 1 is 1.00 bits per heavy atom. The second-order valence-corrected chi connectivity index (χ2v) is 5.76. The Morgan fingerprint density at radius 3 is 2.61 bits per heavy atom. The van der Waals surface area contributed by atoms with Crippen molar-refractivity contribution in [2.45, 2.75) is 0 Å². The number of rotatable bonds is 3. The van der Waals surface area contributed by atoms with Crippen LogP contribution < -0.4 is 4.74 Å². The van der Waals surface area contributed by atoms with Crippen molar-refractivity contribution in [3.8, 4) is 17.6 Å². The Hall–Kier alpha value is -2.90. The highest BCUT2D eigenvalue weighted by Gasteiger charge is 1.95. The average Bonchev–Trinajstić information content (AvgIpc) is 3.07. The molecule has 0 radical (unpaired) electrons. The lowest BCUT2D eigenvalue weighted by atomic mass is 10.2. The first-order valence-corrected chi connectivity index (χ1v) is 7.85. The van der Waals surface area contributed by atoms with Gasteiger partial charge in [-0.3, -0.25) is 0 Å². The van der Waals surface area contributed by atoms with Crippen molar-refractivity contribution in [2.24, 2.45) is 0 Å². The summed E-state index contributed by atoms with van der Waals surface area (Å²) in [5.74, 6) is 7.18. The van der Waals surface area contributed by atoms with Crippen LogP contribution in [0.3, 0.4) is 0 Å². The number of benzene rings is 1. The predicted octanol–water partition coefficient (Wildman–Crippen LogP) is 4.12. The van der Waals surface area contributed by atoms with Crippen LogP contribution in [0, 0.1) is 11.8 Å². The Balaban J connectivity index is 1.70. The van der Waals surface area contributed by atoms with Gasteiger partial charge in [-0.15, -0.1) is 11.3 Å². The molecule has 3 nitrogen and oxygen atoms in total. The number of hydrogen-bond acceptors (Lipinski definition) is 4. The molecular weight excluding hydrogens is 304 g/mol. The van der Waals surface area contributed by atoms with E-state index in [0.717, 1.165) is 26.8 Å². The molecule has 0 saturated carbocycles. The van der Waals surface area contributed by atoms with Crippen LogP contribution in [0.2, 0.25) is 0 Å². The smallest absolute Gasteiger partial charge is 0.118 e. The molecule has 0 spiro atoms. The van der Waals surface area contributed by atoms with Gasteiger partial charge in [-0.2, -0.15) is 0 Å². The molecule has 3 rings (SSSR count). The molecule has 4 heteroatoms. The fourth-order valence-electron chi connectivity index (χ4n) is 1.88. The number of thiophene rings is 1. The fourth-order valence-corrected chi connectivity index (χ4v) is 2.65. The molecule has 2 aromatic heterocycles. The van der Waals surface area contributed by atoms with Crippen LogP contribution in [-0.4, -0.2) is 17.1 Å². The molecule has 0 unspecified atom stereocenters. The second-order valence-electron chi connectivity index (χ2n) is 4.65. The first-order valence-electron chi connectivity index (χ1n) is 7.03. The van der Waals surface area contributed by atoms with Crippen LogP contribution in [0.1, 0.15) is 21.0 Å². The summed E-state index contributed by atoms with van der Waals surface area (Å²) in [6.07, 6.45) is 7.27. The average molecular weight is 318 g/mol. The lowest BCUT2D eigenvalue weighted by molar-refractivity contribution is 0.415. The molecule has 0 aliphatic heterocycles. The molecule has 0 aliphatic carbocycles. The van der Waals surface area contributed by atoms with Crippen molar-refractivity contribution < 1.29 is 4.74 Å². The normalized spacial score (nSPS) is 10.3. The summed E-state index contributed by atoms with van der Waals surface area (Å²) in [6, 6.07) is 13.7. The molecule has 0 atom stereocenters. The van der Waals surface area contributed by atoms with Crippen LogP contribution in [0.4, 0.5) is 0 Å². The Bertz CT molecular complexity index is 856. The van der Waals surface area contributed by atoms with E-state index in [4.69, 9.17) is 4.74 Å². The first kappa shape index (κ1) is 15.0. The van der Waals surface area contributed by atoms with Gasteiger partial charge in [-0.1, -0.05) is 11.8 Å². The third kappa shape index (κ3) is 4.29. The molecule has 0 bridgehead atoms. The van der Waals surface area contributed by atoms with E-state index in [1.165, 1.54) is 0 Å². The summed E-state index contributed by atoms with van der Waals surface area (Å²) in [7, 11) is 1.66. The summed E-state index contributed by atoms with van der Waals surface area (Å²) in [6.45, 7) is 0. The summed E-state index contributed by atoms with van der Waals surface area (Å²) < 4.78 is 5.14. The standard InChI is InChI=1S/C19H14N2OS/c1-22-17-6-2-15(3-7-17)4-8-18-10-11-19(23-18)9-5-16-12-13-20-14-21-16/h2-3,5-7,9-14H,1H3/b9-5+. The van der Waals surface area contributed by atoms with Gasteiger partial charge in [0.1, 0.15) is 12.1 Å². The summed E-state index contributed by atoms with van der Waals surface area (Å²) in [4.78, 5) is 10.2. The molecule has 0 aliphatic rings. The topological polar surface area (TPSA) is 35.0 Å². The Morgan fingerprint density at radius 2 is 1.87 bits per heavy atom. The minimum absolute atomic E-state index is 0.837. The quantitative estimate of drug-likeness (QED) is 0.682. The van der Waals surface area contributed by atoms with Crippen LogP contribution in [0.5, 0.6) is 5.75 Å². The van der Waals surface area contributed by atoms with E-state index in [9.17, 15) is 0 Å². The molecule has 112 valence electrons. The lowest BCUT2D eigenvalue weighted by Crippen LogP contribution is -1.81. The summed E-state index contributed by atoms with van der Waals surface area (Å²) in [5, 5.41) is 0. The fraction of sp³-hybridized carbons (Fsp3) is 0.0526. The molecule has 23 heavy (non-hydrogen) atoms. The van der Waals surface area contributed by atoms with Gasteiger partial charge >= 0.3 is 0 Å². The SMILES string of the molecule is COc1ccc(C#Cc2ccc(/C=C/c3ccncn3)s2)cc1. The maximum absolute atomic E-state index is 5.14. The molecule has 0 fully saturated rings. The van der Waals surface area contributed by atoms with Gasteiger partial charge in [0.25, 0.3) is 0 Å². The lowest BCUT2D eigenvalue weighted by Gasteiger charge is -1.97. The van der Waals surface area contributed by atoms with Gasteiger partial charge in [-0.25, -0.2) is 9.97 Å². The number of ether oxygens (including phenoxy) is 1. The molecule has 3 aromatic rings. The number of methoxy groups -OCH3 is 1. The van der Waals surface area contributed by atoms with E-state index in [2.05, 4.69) is 27.9 Å². The zero-order chi connectivity index (χ0) is 15.9. The zero-order valence-corrected chi connectivity index (χ0v) is 13.4. The summed E-state index contributed by atoms with van der Waals surface area (Å²) >= 11 is 1.65. The highest BCUT2D eigenvalue weighted by atomic mass is 32.1.